The van der Waals surface area contributed by atoms with Crippen LogP contribution in [0.1, 0.15) is 29.3 Å². The lowest BCUT2D eigenvalue weighted by Crippen LogP contribution is -2.09. The summed E-state index contributed by atoms with van der Waals surface area (Å²) in [5.41, 5.74) is 2.10. The van der Waals surface area contributed by atoms with Gasteiger partial charge in [-0.2, -0.15) is 0 Å². The molecule has 2 N–H and O–H groups in total. The third-order valence-electron chi connectivity index (χ3n) is 2.75. The topological polar surface area (TPSA) is 66.0 Å². The molecule has 18 heavy (non-hydrogen) atoms. The molecule has 1 aromatic carbocycles. The van der Waals surface area contributed by atoms with Crippen molar-refractivity contribution < 1.29 is 9.90 Å². The number of hydrogen-bond acceptors (Lipinski definition) is 2. The van der Waals surface area contributed by atoms with E-state index in [0.29, 0.717) is 5.82 Å². The second-order valence-corrected chi connectivity index (χ2v) is 5.03. The summed E-state index contributed by atoms with van der Waals surface area (Å²) in [7, 11) is 0. The summed E-state index contributed by atoms with van der Waals surface area (Å²) in [4.78, 5) is 18.2. The normalized spacial score (nSPS) is 12.3. The number of halogens is 1. The molecule has 0 aliphatic heterocycles. The van der Waals surface area contributed by atoms with E-state index in [-0.39, 0.29) is 12.3 Å². The number of aryl methyl sites for hydroxylation is 1. The lowest BCUT2D eigenvalue weighted by Gasteiger charge is -2.13. The highest BCUT2D eigenvalue weighted by Crippen LogP contribution is 2.27. The van der Waals surface area contributed by atoms with Crippen LogP contribution in [0, 0.1) is 6.92 Å². The van der Waals surface area contributed by atoms with Gasteiger partial charge in [-0.15, -0.1) is 0 Å². The van der Waals surface area contributed by atoms with E-state index in [1.165, 1.54) is 0 Å². The molecular formula is C13H13BrN2O2. The van der Waals surface area contributed by atoms with Gasteiger partial charge in [-0.25, -0.2) is 4.98 Å². The first-order chi connectivity index (χ1) is 8.56. The Hall–Kier alpha value is -1.62. The van der Waals surface area contributed by atoms with Gasteiger partial charge >= 0.3 is 5.97 Å². The number of aromatic amines is 1. The van der Waals surface area contributed by atoms with Crippen LogP contribution in [0.15, 0.2) is 35.1 Å². The summed E-state index contributed by atoms with van der Waals surface area (Å²) < 4.78 is 0.750. The highest BCUT2D eigenvalue weighted by atomic mass is 79.9. The van der Waals surface area contributed by atoms with E-state index >= 15 is 0 Å². The van der Waals surface area contributed by atoms with Crippen LogP contribution >= 0.6 is 15.9 Å². The molecule has 0 fully saturated rings. The van der Waals surface area contributed by atoms with Gasteiger partial charge in [-0.1, -0.05) is 29.8 Å². The summed E-state index contributed by atoms with van der Waals surface area (Å²) in [6, 6.07) is 7.84. The number of carbonyl (C=O) groups is 1. The number of aliphatic carboxylic acids is 1. The molecule has 0 spiro atoms. The Morgan fingerprint density at radius 3 is 2.61 bits per heavy atom. The van der Waals surface area contributed by atoms with Crippen LogP contribution in [0.5, 0.6) is 0 Å². The minimum absolute atomic E-state index is 0.0169. The van der Waals surface area contributed by atoms with Crippen molar-refractivity contribution in [3.8, 4) is 0 Å². The molecule has 1 atom stereocenters. The minimum Gasteiger partial charge on any atom is -0.481 e. The molecule has 0 radical (unpaired) electrons. The SMILES string of the molecule is Cc1ccc(C(CC(=O)O)c2ncc(Br)[nH]2)cc1. The Balaban J connectivity index is 2.36. The predicted molar refractivity (Wildman–Crippen MR) is 71.6 cm³/mol. The number of nitrogens with zero attached hydrogens (tertiary/aromatic N) is 1. The molecule has 2 rings (SSSR count). The van der Waals surface area contributed by atoms with Gasteiger partial charge in [-0.3, -0.25) is 4.79 Å². The lowest BCUT2D eigenvalue weighted by atomic mass is 9.94. The summed E-state index contributed by atoms with van der Waals surface area (Å²) in [6.07, 6.45) is 1.65. The quantitative estimate of drug-likeness (QED) is 0.912. The van der Waals surface area contributed by atoms with Gasteiger partial charge < -0.3 is 10.1 Å². The number of nitrogens with one attached hydrogen (secondary N) is 1. The standard InChI is InChI=1S/C13H13BrN2O2/c1-8-2-4-9(5-3-8)10(6-12(17)18)13-15-7-11(14)16-13/h2-5,7,10H,6H2,1H3,(H,15,16)(H,17,18). The van der Waals surface area contributed by atoms with Gasteiger partial charge in [-0.05, 0) is 28.4 Å². The number of rotatable bonds is 4. The number of imidazole rings is 1. The van der Waals surface area contributed by atoms with Crippen LogP contribution in [-0.2, 0) is 4.79 Å². The third-order valence-corrected chi connectivity index (χ3v) is 3.16. The van der Waals surface area contributed by atoms with E-state index < -0.39 is 5.97 Å². The minimum atomic E-state index is -0.840. The Bertz CT molecular complexity index is 548. The van der Waals surface area contributed by atoms with Crippen molar-refractivity contribution >= 4 is 21.9 Å². The van der Waals surface area contributed by atoms with E-state index in [1.54, 1.807) is 6.20 Å². The Labute approximate surface area is 113 Å². The molecule has 5 heteroatoms. The van der Waals surface area contributed by atoms with E-state index in [0.717, 1.165) is 15.7 Å². The fourth-order valence-electron chi connectivity index (χ4n) is 1.84. The van der Waals surface area contributed by atoms with Crippen LogP contribution in [0.4, 0.5) is 0 Å². The molecule has 1 unspecified atom stereocenters. The maximum Gasteiger partial charge on any atom is 0.304 e. The average Bonchev–Trinajstić information content (AvgIpc) is 2.74. The Kier molecular flexibility index (Phi) is 3.81. The summed E-state index contributed by atoms with van der Waals surface area (Å²) >= 11 is 3.29. The Morgan fingerprint density at radius 1 is 1.44 bits per heavy atom. The van der Waals surface area contributed by atoms with Crippen LogP contribution in [-0.4, -0.2) is 21.0 Å². The van der Waals surface area contributed by atoms with E-state index in [1.807, 2.05) is 31.2 Å². The summed E-state index contributed by atoms with van der Waals surface area (Å²) in [5.74, 6) is -0.435. The van der Waals surface area contributed by atoms with E-state index in [4.69, 9.17) is 5.11 Å². The fourth-order valence-corrected chi connectivity index (χ4v) is 2.14. The maximum absolute atomic E-state index is 11.0. The van der Waals surface area contributed by atoms with Crippen LogP contribution in [0.3, 0.4) is 0 Å². The number of benzene rings is 1. The van der Waals surface area contributed by atoms with Gasteiger partial charge in [0.1, 0.15) is 10.4 Å². The number of carboxylic acid groups (broad SMARTS) is 1. The second-order valence-electron chi connectivity index (χ2n) is 4.18. The molecule has 94 valence electrons. The predicted octanol–water partition coefficient (Wildman–Crippen LogP) is 3.09. The van der Waals surface area contributed by atoms with Crippen molar-refractivity contribution in [2.24, 2.45) is 0 Å². The Morgan fingerprint density at radius 2 is 2.11 bits per heavy atom. The molecular weight excluding hydrogens is 296 g/mol. The highest BCUT2D eigenvalue weighted by Gasteiger charge is 2.20. The van der Waals surface area contributed by atoms with Gasteiger partial charge in [0.15, 0.2) is 0 Å². The van der Waals surface area contributed by atoms with Crippen molar-refractivity contribution in [3.63, 3.8) is 0 Å². The average molecular weight is 309 g/mol. The number of hydrogen-bond donors (Lipinski definition) is 2. The number of carboxylic acids is 1. The summed E-state index contributed by atoms with van der Waals surface area (Å²) in [6.45, 7) is 2.00. The molecule has 1 heterocycles. The number of aromatic nitrogens is 2. The first kappa shape index (κ1) is 12.8. The molecule has 0 amide bonds. The van der Waals surface area contributed by atoms with Crippen molar-refractivity contribution in [2.75, 3.05) is 0 Å². The van der Waals surface area contributed by atoms with E-state index in [9.17, 15) is 4.79 Å². The van der Waals surface area contributed by atoms with Crippen LogP contribution in [0.2, 0.25) is 0 Å². The fraction of sp³-hybridized carbons (Fsp3) is 0.231. The zero-order valence-corrected chi connectivity index (χ0v) is 11.4. The van der Waals surface area contributed by atoms with Crippen molar-refractivity contribution in [3.05, 3.63) is 52.0 Å². The third kappa shape index (κ3) is 2.98. The van der Waals surface area contributed by atoms with Crippen molar-refractivity contribution in [2.45, 2.75) is 19.3 Å². The highest BCUT2D eigenvalue weighted by molar-refractivity contribution is 9.10. The van der Waals surface area contributed by atoms with Crippen molar-refractivity contribution in [1.82, 2.24) is 9.97 Å². The molecule has 0 saturated carbocycles. The number of H-pyrrole nitrogens is 1. The van der Waals surface area contributed by atoms with Crippen molar-refractivity contribution in [1.29, 1.82) is 0 Å². The van der Waals surface area contributed by atoms with Crippen LogP contribution < -0.4 is 0 Å². The molecule has 1 aromatic heterocycles. The summed E-state index contributed by atoms with van der Waals surface area (Å²) in [5, 5.41) is 9.01. The largest absolute Gasteiger partial charge is 0.481 e. The van der Waals surface area contributed by atoms with Gasteiger partial charge in [0, 0.05) is 0 Å². The first-order valence-electron chi connectivity index (χ1n) is 5.55. The zero-order chi connectivity index (χ0) is 13.1. The smallest absolute Gasteiger partial charge is 0.304 e. The van der Waals surface area contributed by atoms with Crippen LogP contribution in [0.25, 0.3) is 0 Å². The second kappa shape index (κ2) is 5.35. The maximum atomic E-state index is 11.0. The van der Waals surface area contributed by atoms with E-state index in [2.05, 4.69) is 25.9 Å². The molecule has 2 aromatic rings. The van der Waals surface area contributed by atoms with Gasteiger partial charge in [0.2, 0.25) is 0 Å². The van der Waals surface area contributed by atoms with Gasteiger partial charge in [0.25, 0.3) is 0 Å². The molecule has 0 saturated heterocycles. The molecule has 4 nitrogen and oxygen atoms in total. The monoisotopic (exact) mass is 308 g/mol. The molecule has 0 aliphatic carbocycles. The first-order valence-corrected chi connectivity index (χ1v) is 6.34. The van der Waals surface area contributed by atoms with Gasteiger partial charge in [0.05, 0.1) is 18.5 Å². The lowest BCUT2D eigenvalue weighted by molar-refractivity contribution is -0.137. The molecule has 0 bridgehead atoms. The molecule has 0 aliphatic rings. The zero-order valence-electron chi connectivity index (χ0n) is 9.85.